The summed E-state index contributed by atoms with van der Waals surface area (Å²) in [5.41, 5.74) is 1.57. The summed E-state index contributed by atoms with van der Waals surface area (Å²) in [7, 11) is -2.68. The van der Waals surface area contributed by atoms with Gasteiger partial charge in [-0.15, -0.1) is 0 Å². The van der Waals surface area contributed by atoms with Gasteiger partial charge in [-0.25, -0.2) is 12.7 Å². The molecule has 2 aliphatic rings. The van der Waals surface area contributed by atoms with Crippen LogP contribution in [0.25, 0.3) is 0 Å². The van der Waals surface area contributed by atoms with E-state index < -0.39 is 34.4 Å². The Kier molecular flexibility index (Phi) is 8.39. The first-order valence-corrected chi connectivity index (χ1v) is 15.1. The molecule has 5 rings (SSSR count). The van der Waals surface area contributed by atoms with Gasteiger partial charge < -0.3 is 15.0 Å². The number of hydrogen-bond acceptors (Lipinski definition) is 6. The van der Waals surface area contributed by atoms with Gasteiger partial charge in [0, 0.05) is 19.0 Å². The number of nitrogens with one attached hydrogen (secondary N) is 1. The zero-order valence-electron chi connectivity index (χ0n) is 22.9. The first-order chi connectivity index (χ1) is 19.8. The summed E-state index contributed by atoms with van der Waals surface area (Å²) >= 11 is 0. The number of fused-ring (bicyclic) bond motifs is 1. The van der Waals surface area contributed by atoms with E-state index in [1.165, 1.54) is 30.2 Å². The van der Waals surface area contributed by atoms with E-state index in [9.17, 15) is 22.8 Å². The van der Waals surface area contributed by atoms with Gasteiger partial charge in [0.1, 0.15) is 23.2 Å². The fourth-order valence-electron chi connectivity index (χ4n) is 5.49. The van der Waals surface area contributed by atoms with E-state index in [0.29, 0.717) is 15.6 Å². The third-order valence-electron chi connectivity index (χ3n) is 7.65. The lowest BCUT2D eigenvalue weighted by Crippen LogP contribution is -2.54. The standard InChI is InChI=1S/C31H33N3O6S/c1-40-25-15-9-12-23(18-25)20-33(29(35)21-34-31(37)26-16-7-8-17-28(26)41(34,38)39)27(19-22-10-3-2-4-11-22)30(36)32-24-13-5-6-14-24/h2-4,7-12,15-18,24,27H,5-6,13-14,19-21H2,1H3,(H,32,36)/t27-/m1/s1. The van der Waals surface area contributed by atoms with E-state index in [-0.39, 0.29) is 35.4 Å². The molecule has 0 spiro atoms. The van der Waals surface area contributed by atoms with Crippen molar-refractivity contribution in [1.82, 2.24) is 14.5 Å². The fraction of sp³-hybridized carbons (Fsp3) is 0.323. The second kappa shape index (κ2) is 12.1. The molecule has 1 N–H and O–H groups in total. The minimum atomic E-state index is -4.22. The van der Waals surface area contributed by atoms with Crippen molar-refractivity contribution >= 4 is 27.7 Å². The van der Waals surface area contributed by atoms with Gasteiger partial charge in [0.15, 0.2) is 0 Å². The molecule has 0 radical (unpaired) electrons. The van der Waals surface area contributed by atoms with Crippen LogP contribution in [0, 0.1) is 0 Å². The van der Waals surface area contributed by atoms with E-state index >= 15 is 0 Å². The van der Waals surface area contributed by atoms with Crippen molar-refractivity contribution in [3.05, 3.63) is 95.6 Å². The maximum atomic E-state index is 14.1. The second-order valence-electron chi connectivity index (χ2n) is 10.4. The van der Waals surface area contributed by atoms with Gasteiger partial charge in [-0.1, -0.05) is 67.4 Å². The van der Waals surface area contributed by atoms with Crippen molar-refractivity contribution in [2.24, 2.45) is 0 Å². The smallest absolute Gasteiger partial charge is 0.269 e. The Morgan fingerprint density at radius 2 is 1.66 bits per heavy atom. The first kappa shape index (κ1) is 28.4. The molecule has 0 saturated heterocycles. The Hall–Kier alpha value is -4.18. The van der Waals surface area contributed by atoms with Crippen LogP contribution in [-0.4, -0.2) is 61.1 Å². The quantitative estimate of drug-likeness (QED) is 0.396. The van der Waals surface area contributed by atoms with E-state index in [1.54, 1.807) is 24.3 Å². The van der Waals surface area contributed by atoms with Gasteiger partial charge in [0.05, 0.1) is 12.7 Å². The maximum Gasteiger partial charge on any atom is 0.269 e. The van der Waals surface area contributed by atoms with Gasteiger partial charge in [0.25, 0.3) is 15.9 Å². The summed E-state index contributed by atoms with van der Waals surface area (Å²) in [6, 6.07) is 21.5. The van der Waals surface area contributed by atoms with Crippen molar-refractivity contribution in [2.75, 3.05) is 13.7 Å². The Labute approximate surface area is 240 Å². The zero-order valence-corrected chi connectivity index (χ0v) is 23.7. The highest BCUT2D eigenvalue weighted by Gasteiger charge is 2.43. The molecule has 1 fully saturated rings. The van der Waals surface area contributed by atoms with Crippen molar-refractivity contribution in [2.45, 2.75) is 55.6 Å². The number of carbonyl (C=O) groups is 3. The number of benzene rings is 3. The Balaban J connectivity index is 1.50. The lowest BCUT2D eigenvalue weighted by Gasteiger charge is -2.33. The molecule has 9 nitrogen and oxygen atoms in total. The molecule has 3 amide bonds. The second-order valence-corrected chi connectivity index (χ2v) is 12.2. The molecule has 1 aliphatic heterocycles. The molecular formula is C31H33N3O6S. The highest BCUT2D eigenvalue weighted by molar-refractivity contribution is 7.90. The third-order valence-corrected chi connectivity index (χ3v) is 9.44. The van der Waals surface area contributed by atoms with Crippen molar-refractivity contribution in [3.63, 3.8) is 0 Å². The van der Waals surface area contributed by atoms with Crippen LogP contribution in [0.15, 0.2) is 83.8 Å². The Morgan fingerprint density at radius 1 is 0.976 bits per heavy atom. The van der Waals surface area contributed by atoms with E-state index in [4.69, 9.17) is 4.74 Å². The van der Waals surface area contributed by atoms with Gasteiger partial charge in [-0.05, 0) is 48.2 Å². The number of sulfonamides is 1. The SMILES string of the molecule is COc1cccc(CN(C(=O)CN2C(=O)c3ccccc3S2(=O)=O)[C@H](Cc2ccccc2)C(=O)NC2CCCC2)c1. The number of amides is 3. The molecule has 1 heterocycles. The average molecular weight is 576 g/mol. The number of carbonyl (C=O) groups excluding carboxylic acids is 3. The molecular weight excluding hydrogens is 542 g/mol. The van der Waals surface area contributed by atoms with Crippen LogP contribution in [0.4, 0.5) is 0 Å². The summed E-state index contributed by atoms with van der Waals surface area (Å²) in [5, 5.41) is 3.12. The van der Waals surface area contributed by atoms with Crippen LogP contribution in [0.5, 0.6) is 5.75 Å². The number of rotatable bonds is 10. The molecule has 1 saturated carbocycles. The number of methoxy groups -OCH3 is 1. The van der Waals surface area contributed by atoms with Gasteiger partial charge in [-0.2, -0.15) is 0 Å². The predicted octanol–water partition coefficient (Wildman–Crippen LogP) is 3.54. The first-order valence-electron chi connectivity index (χ1n) is 13.7. The van der Waals surface area contributed by atoms with Crippen molar-refractivity contribution in [1.29, 1.82) is 0 Å². The van der Waals surface area contributed by atoms with Gasteiger partial charge in [0.2, 0.25) is 11.8 Å². The molecule has 0 unspecified atom stereocenters. The summed E-state index contributed by atoms with van der Waals surface area (Å²) in [4.78, 5) is 42.3. The molecule has 3 aromatic carbocycles. The lowest BCUT2D eigenvalue weighted by atomic mass is 10.0. The minimum absolute atomic E-state index is 0.0145. The van der Waals surface area contributed by atoms with Crippen LogP contribution in [-0.2, 0) is 32.6 Å². The topological polar surface area (TPSA) is 113 Å². The number of ether oxygens (including phenoxy) is 1. The summed E-state index contributed by atoms with van der Waals surface area (Å²) < 4.78 is 32.5. The average Bonchev–Trinajstić information content (AvgIpc) is 3.56. The summed E-state index contributed by atoms with van der Waals surface area (Å²) in [6.07, 6.45) is 4.00. The molecule has 41 heavy (non-hydrogen) atoms. The predicted molar refractivity (Wildman–Crippen MR) is 153 cm³/mol. The van der Waals surface area contributed by atoms with E-state index in [2.05, 4.69) is 5.32 Å². The fourth-order valence-corrected chi connectivity index (χ4v) is 7.01. The van der Waals surface area contributed by atoms with Crippen LogP contribution in [0.3, 0.4) is 0 Å². The van der Waals surface area contributed by atoms with Crippen molar-refractivity contribution in [3.8, 4) is 5.75 Å². The molecule has 1 atom stereocenters. The highest BCUT2D eigenvalue weighted by Crippen LogP contribution is 2.30. The minimum Gasteiger partial charge on any atom is -0.497 e. The monoisotopic (exact) mass is 575 g/mol. The maximum absolute atomic E-state index is 14.1. The van der Waals surface area contributed by atoms with E-state index in [1.807, 2.05) is 36.4 Å². The van der Waals surface area contributed by atoms with Crippen LogP contribution >= 0.6 is 0 Å². The Bertz CT molecular complexity index is 1540. The largest absolute Gasteiger partial charge is 0.497 e. The van der Waals surface area contributed by atoms with Crippen LogP contribution in [0.2, 0.25) is 0 Å². The van der Waals surface area contributed by atoms with Crippen LogP contribution < -0.4 is 10.1 Å². The summed E-state index contributed by atoms with van der Waals surface area (Å²) in [5.74, 6) is -1.14. The number of nitrogens with zero attached hydrogens (tertiary/aromatic N) is 2. The summed E-state index contributed by atoms with van der Waals surface area (Å²) in [6.45, 7) is -0.706. The zero-order chi connectivity index (χ0) is 29.0. The number of hydrogen-bond donors (Lipinski definition) is 1. The molecule has 214 valence electrons. The van der Waals surface area contributed by atoms with Gasteiger partial charge in [-0.3, -0.25) is 14.4 Å². The molecule has 1 aliphatic carbocycles. The highest BCUT2D eigenvalue weighted by atomic mass is 32.2. The molecule has 10 heteroatoms. The van der Waals surface area contributed by atoms with Crippen molar-refractivity contribution < 1.29 is 27.5 Å². The third kappa shape index (κ3) is 6.12. The van der Waals surface area contributed by atoms with Crippen LogP contribution in [0.1, 0.15) is 47.2 Å². The molecule has 0 bridgehead atoms. The van der Waals surface area contributed by atoms with E-state index in [0.717, 1.165) is 31.2 Å². The molecule has 0 aromatic heterocycles. The Morgan fingerprint density at radius 3 is 2.37 bits per heavy atom. The van der Waals surface area contributed by atoms with Gasteiger partial charge >= 0.3 is 0 Å². The lowest BCUT2D eigenvalue weighted by molar-refractivity contribution is -0.141. The molecule has 3 aromatic rings. The normalized spacial score (nSPS) is 16.7.